The minimum Gasteiger partial charge on any atom is -0.465 e. The molecule has 2 aromatic carbocycles. The van der Waals surface area contributed by atoms with Crippen LogP contribution in [-0.2, 0) is 9.16 Å². The SMILES string of the molecule is COC1(CO[Si](c2ccccc2)(c2ccccc2)C(C)(C)C)CCC(NC(=O)O)CC1. The Labute approximate surface area is 186 Å². The Morgan fingerprint density at radius 2 is 1.52 bits per heavy atom. The van der Waals surface area contributed by atoms with Crippen LogP contribution < -0.4 is 15.7 Å². The van der Waals surface area contributed by atoms with E-state index in [-0.39, 0.29) is 11.1 Å². The lowest BCUT2D eigenvalue weighted by molar-refractivity contribution is -0.0749. The van der Waals surface area contributed by atoms with E-state index in [4.69, 9.17) is 14.3 Å². The summed E-state index contributed by atoms with van der Waals surface area (Å²) in [5, 5.41) is 14.1. The van der Waals surface area contributed by atoms with Crippen molar-refractivity contribution in [1.29, 1.82) is 0 Å². The number of nitrogens with one attached hydrogen (secondary N) is 1. The number of methoxy groups -OCH3 is 1. The van der Waals surface area contributed by atoms with E-state index in [1.165, 1.54) is 10.4 Å². The van der Waals surface area contributed by atoms with Crippen molar-refractivity contribution in [2.45, 2.75) is 63.1 Å². The summed E-state index contributed by atoms with van der Waals surface area (Å²) < 4.78 is 13.1. The lowest BCUT2D eigenvalue weighted by Crippen LogP contribution is -2.68. The average Bonchev–Trinajstić information content (AvgIpc) is 2.76. The normalized spacial score (nSPS) is 22.1. The molecule has 1 aliphatic rings. The van der Waals surface area contributed by atoms with Gasteiger partial charge in [0, 0.05) is 13.2 Å². The van der Waals surface area contributed by atoms with Gasteiger partial charge in [-0.15, -0.1) is 0 Å². The monoisotopic (exact) mass is 441 g/mol. The Morgan fingerprint density at radius 3 is 1.90 bits per heavy atom. The minimum atomic E-state index is -2.63. The number of hydrogen-bond donors (Lipinski definition) is 2. The Kier molecular flexibility index (Phi) is 7.24. The van der Waals surface area contributed by atoms with Gasteiger partial charge in [-0.25, -0.2) is 4.79 Å². The van der Waals surface area contributed by atoms with Crippen LogP contribution in [0.2, 0.25) is 5.04 Å². The first kappa shape index (κ1) is 23.5. The highest BCUT2D eigenvalue weighted by Crippen LogP contribution is 2.39. The van der Waals surface area contributed by atoms with Crippen molar-refractivity contribution in [3.63, 3.8) is 0 Å². The zero-order valence-electron chi connectivity index (χ0n) is 19.1. The molecule has 2 N–H and O–H groups in total. The second-order valence-electron chi connectivity index (χ2n) is 9.56. The maximum atomic E-state index is 11.0. The first-order chi connectivity index (χ1) is 14.7. The predicted octanol–water partition coefficient (Wildman–Crippen LogP) is 4.16. The van der Waals surface area contributed by atoms with Crippen LogP contribution in [0, 0.1) is 0 Å². The first-order valence-corrected chi connectivity index (χ1v) is 12.9. The molecule has 2 aromatic rings. The molecular formula is C25H35NO4Si. The molecule has 6 heteroatoms. The fourth-order valence-corrected chi connectivity index (χ4v) is 9.51. The maximum absolute atomic E-state index is 11.0. The van der Waals surface area contributed by atoms with Crippen LogP contribution >= 0.6 is 0 Å². The van der Waals surface area contributed by atoms with Crippen LogP contribution in [0.1, 0.15) is 46.5 Å². The van der Waals surface area contributed by atoms with E-state index in [0.717, 1.165) is 25.7 Å². The zero-order valence-corrected chi connectivity index (χ0v) is 20.1. The molecule has 5 nitrogen and oxygen atoms in total. The minimum absolute atomic E-state index is 0.0198. The van der Waals surface area contributed by atoms with Gasteiger partial charge in [0.15, 0.2) is 0 Å². The maximum Gasteiger partial charge on any atom is 0.404 e. The van der Waals surface area contributed by atoms with Crippen LogP contribution in [0.25, 0.3) is 0 Å². The van der Waals surface area contributed by atoms with E-state index in [1.54, 1.807) is 7.11 Å². The molecule has 0 heterocycles. The van der Waals surface area contributed by atoms with E-state index >= 15 is 0 Å². The van der Waals surface area contributed by atoms with Crippen LogP contribution in [0.4, 0.5) is 4.79 Å². The fourth-order valence-electron chi connectivity index (χ4n) is 4.87. The van der Waals surface area contributed by atoms with Crippen molar-refractivity contribution >= 4 is 24.8 Å². The zero-order chi connectivity index (χ0) is 22.5. The number of carboxylic acid groups (broad SMARTS) is 1. The van der Waals surface area contributed by atoms with E-state index < -0.39 is 20.0 Å². The van der Waals surface area contributed by atoms with Crippen LogP contribution in [0.5, 0.6) is 0 Å². The highest BCUT2D eigenvalue weighted by atomic mass is 28.4. The molecule has 168 valence electrons. The van der Waals surface area contributed by atoms with E-state index in [1.807, 2.05) is 12.1 Å². The number of amides is 1. The lowest BCUT2D eigenvalue weighted by Gasteiger charge is -2.46. The van der Waals surface area contributed by atoms with Crippen LogP contribution in [0.15, 0.2) is 60.7 Å². The third-order valence-corrected chi connectivity index (χ3v) is 11.6. The van der Waals surface area contributed by atoms with Gasteiger partial charge in [-0.1, -0.05) is 81.4 Å². The van der Waals surface area contributed by atoms with Crippen molar-refractivity contribution < 1.29 is 19.1 Å². The van der Waals surface area contributed by atoms with Gasteiger partial charge in [0.05, 0.1) is 12.2 Å². The molecule has 0 unspecified atom stereocenters. The molecule has 0 aliphatic heterocycles. The van der Waals surface area contributed by atoms with E-state index in [9.17, 15) is 4.79 Å². The molecule has 0 spiro atoms. The Hall–Kier alpha value is -2.15. The van der Waals surface area contributed by atoms with Gasteiger partial charge < -0.3 is 19.6 Å². The number of carbonyl (C=O) groups is 1. The summed E-state index contributed by atoms with van der Waals surface area (Å²) in [6.45, 7) is 7.31. The van der Waals surface area contributed by atoms with Gasteiger partial charge in [-0.05, 0) is 41.1 Å². The molecule has 0 radical (unpaired) electrons. The van der Waals surface area contributed by atoms with Gasteiger partial charge in [-0.3, -0.25) is 0 Å². The number of ether oxygens (including phenoxy) is 1. The summed E-state index contributed by atoms with van der Waals surface area (Å²) in [6.07, 6.45) is 2.09. The predicted molar refractivity (Wildman–Crippen MR) is 127 cm³/mol. The lowest BCUT2D eigenvalue weighted by atomic mass is 9.82. The largest absolute Gasteiger partial charge is 0.465 e. The molecule has 31 heavy (non-hydrogen) atoms. The summed E-state index contributed by atoms with van der Waals surface area (Å²) >= 11 is 0. The van der Waals surface area contributed by atoms with Crippen molar-refractivity contribution in [2.75, 3.05) is 13.7 Å². The molecule has 3 rings (SSSR count). The van der Waals surface area contributed by atoms with Crippen molar-refractivity contribution in [3.05, 3.63) is 60.7 Å². The van der Waals surface area contributed by atoms with Gasteiger partial charge in [0.25, 0.3) is 8.32 Å². The molecule has 0 aromatic heterocycles. The van der Waals surface area contributed by atoms with Gasteiger partial charge in [0.1, 0.15) is 0 Å². The molecule has 0 saturated heterocycles. The summed E-state index contributed by atoms with van der Waals surface area (Å²) in [5.74, 6) is 0. The second-order valence-corrected chi connectivity index (χ2v) is 13.9. The smallest absolute Gasteiger partial charge is 0.404 e. The number of benzene rings is 2. The topological polar surface area (TPSA) is 67.8 Å². The Balaban J connectivity index is 1.93. The third-order valence-electron chi connectivity index (χ3n) is 6.63. The van der Waals surface area contributed by atoms with E-state index in [0.29, 0.717) is 6.61 Å². The summed E-state index contributed by atoms with van der Waals surface area (Å²) in [7, 11) is -0.880. The van der Waals surface area contributed by atoms with Crippen LogP contribution in [0.3, 0.4) is 0 Å². The number of rotatable bonds is 7. The molecular weight excluding hydrogens is 406 g/mol. The average molecular weight is 442 g/mol. The molecule has 1 amide bonds. The third kappa shape index (κ3) is 5.02. The van der Waals surface area contributed by atoms with Gasteiger partial charge in [0.2, 0.25) is 0 Å². The standard InChI is InChI=1S/C25H35NO4Si/c1-24(2,3)31(21-11-7-5-8-12-21,22-13-9-6-10-14-22)30-19-25(29-4)17-15-20(16-18-25)26-23(27)28/h5-14,20,26H,15-19H2,1-4H3,(H,27,28). The van der Waals surface area contributed by atoms with Gasteiger partial charge >= 0.3 is 6.09 Å². The van der Waals surface area contributed by atoms with Crippen molar-refractivity contribution in [2.24, 2.45) is 0 Å². The summed E-state index contributed by atoms with van der Waals surface area (Å²) in [5.41, 5.74) is -0.399. The number of hydrogen-bond acceptors (Lipinski definition) is 3. The molecule has 1 fully saturated rings. The second kappa shape index (κ2) is 9.55. The summed E-state index contributed by atoms with van der Waals surface area (Å²) in [6, 6.07) is 21.2. The quantitative estimate of drug-likeness (QED) is 0.633. The van der Waals surface area contributed by atoms with Gasteiger partial charge in [-0.2, -0.15) is 0 Å². The highest BCUT2D eigenvalue weighted by molar-refractivity contribution is 6.99. The Morgan fingerprint density at radius 1 is 1.03 bits per heavy atom. The molecule has 0 atom stereocenters. The molecule has 0 bridgehead atoms. The van der Waals surface area contributed by atoms with Crippen LogP contribution in [-0.4, -0.2) is 44.9 Å². The van der Waals surface area contributed by atoms with E-state index in [2.05, 4.69) is 74.6 Å². The van der Waals surface area contributed by atoms with Crippen molar-refractivity contribution in [1.82, 2.24) is 5.32 Å². The highest BCUT2D eigenvalue weighted by Gasteiger charge is 2.51. The Bertz CT molecular complexity index is 803. The summed E-state index contributed by atoms with van der Waals surface area (Å²) in [4.78, 5) is 11.0. The molecule has 1 saturated carbocycles. The molecule has 1 aliphatic carbocycles. The van der Waals surface area contributed by atoms with Crippen molar-refractivity contribution in [3.8, 4) is 0 Å². The first-order valence-electron chi connectivity index (χ1n) is 11.0. The fraction of sp³-hybridized carbons (Fsp3) is 0.480.